The highest BCUT2D eigenvalue weighted by atomic mass is 15.0. The van der Waals surface area contributed by atoms with Crippen LogP contribution in [0.1, 0.15) is 0 Å². The SMILES string of the molecule is c1ccc(-c2c(-c3ccccc3)n(-c3ccc(-c4cn5ccccc5n4)cc3)c3ccc4cc(-c5cccc(-c6ccncc6)n5)ccc4c23)cc1. The summed E-state index contributed by atoms with van der Waals surface area (Å²) in [5.41, 5.74) is 13.9. The fourth-order valence-electron chi connectivity index (χ4n) is 7.43. The zero-order valence-corrected chi connectivity index (χ0v) is 28.1. The summed E-state index contributed by atoms with van der Waals surface area (Å²) in [5.74, 6) is 0. The molecule has 52 heavy (non-hydrogen) atoms. The zero-order valence-electron chi connectivity index (χ0n) is 28.1. The summed E-state index contributed by atoms with van der Waals surface area (Å²) in [7, 11) is 0. The summed E-state index contributed by atoms with van der Waals surface area (Å²) >= 11 is 0. The molecule has 0 saturated carbocycles. The Morgan fingerprint density at radius 2 is 1.15 bits per heavy atom. The Morgan fingerprint density at radius 3 is 1.92 bits per heavy atom. The van der Waals surface area contributed by atoms with E-state index in [1.54, 1.807) is 12.4 Å². The number of hydrogen-bond acceptors (Lipinski definition) is 3. The van der Waals surface area contributed by atoms with Gasteiger partial charge in [0.15, 0.2) is 0 Å². The molecule has 0 fully saturated rings. The van der Waals surface area contributed by atoms with Crippen molar-refractivity contribution >= 4 is 27.3 Å². The smallest absolute Gasteiger partial charge is 0.137 e. The number of nitrogens with zero attached hydrogens (tertiary/aromatic N) is 5. The minimum absolute atomic E-state index is 0.929. The highest BCUT2D eigenvalue weighted by molar-refractivity contribution is 6.18. The molecule has 0 aliphatic carbocycles. The Morgan fingerprint density at radius 1 is 0.462 bits per heavy atom. The molecule has 0 bridgehead atoms. The Hall–Kier alpha value is -7.11. The number of aromatic nitrogens is 5. The molecule has 5 aromatic heterocycles. The van der Waals surface area contributed by atoms with Crippen molar-refractivity contribution in [2.75, 3.05) is 0 Å². The van der Waals surface area contributed by atoms with Gasteiger partial charge in [0.05, 0.1) is 28.3 Å². The average Bonchev–Trinajstić information content (AvgIpc) is 3.82. The molecule has 0 aliphatic heterocycles. The number of fused-ring (bicyclic) bond motifs is 4. The molecule has 10 rings (SSSR count). The lowest BCUT2D eigenvalue weighted by molar-refractivity contribution is 1.14. The van der Waals surface area contributed by atoms with E-state index in [9.17, 15) is 0 Å². The van der Waals surface area contributed by atoms with E-state index in [4.69, 9.17) is 9.97 Å². The fraction of sp³-hybridized carbons (Fsp3) is 0. The van der Waals surface area contributed by atoms with Crippen LogP contribution in [0.4, 0.5) is 0 Å². The van der Waals surface area contributed by atoms with Gasteiger partial charge in [-0.2, -0.15) is 0 Å². The van der Waals surface area contributed by atoms with Crippen molar-refractivity contribution in [3.63, 3.8) is 0 Å². The van der Waals surface area contributed by atoms with E-state index < -0.39 is 0 Å². The van der Waals surface area contributed by atoms with E-state index in [-0.39, 0.29) is 0 Å². The molecule has 5 aromatic carbocycles. The maximum atomic E-state index is 5.05. The summed E-state index contributed by atoms with van der Waals surface area (Å²) < 4.78 is 4.49. The van der Waals surface area contributed by atoms with E-state index in [0.717, 1.165) is 67.3 Å². The maximum Gasteiger partial charge on any atom is 0.137 e. The largest absolute Gasteiger partial charge is 0.309 e. The van der Waals surface area contributed by atoms with Crippen LogP contribution in [-0.2, 0) is 0 Å². The van der Waals surface area contributed by atoms with E-state index in [1.165, 1.54) is 21.9 Å². The Bertz CT molecular complexity index is 2840. The first-order valence-electron chi connectivity index (χ1n) is 17.4. The van der Waals surface area contributed by atoms with Gasteiger partial charge in [-0.05, 0) is 82.6 Å². The summed E-state index contributed by atoms with van der Waals surface area (Å²) in [6, 6.07) is 57.9. The molecular formula is C47H31N5. The lowest BCUT2D eigenvalue weighted by Crippen LogP contribution is -1.97. The van der Waals surface area contributed by atoms with E-state index in [1.807, 2.05) is 42.6 Å². The fourth-order valence-corrected chi connectivity index (χ4v) is 7.43. The average molecular weight is 666 g/mol. The van der Waals surface area contributed by atoms with Crippen molar-refractivity contribution in [3.05, 3.63) is 189 Å². The van der Waals surface area contributed by atoms with Gasteiger partial charge >= 0.3 is 0 Å². The molecule has 10 aromatic rings. The first kappa shape index (κ1) is 29.8. The molecule has 5 nitrogen and oxygen atoms in total. The topological polar surface area (TPSA) is 48.0 Å². The lowest BCUT2D eigenvalue weighted by Gasteiger charge is -2.14. The third-order valence-corrected chi connectivity index (χ3v) is 9.87. The molecule has 0 saturated heterocycles. The van der Waals surface area contributed by atoms with Crippen molar-refractivity contribution in [3.8, 4) is 61.8 Å². The molecule has 0 atom stereocenters. The Labute approximate surface area is 300 Å². The van der Waals surface area contributed by atoms with Gasteiger partial charge in [0.1, 0.15) is 5.65 Å². The number of benzene rings is 5. The van der Waals surface area contributed by atoms with Gasteiger partial charge < -0.3 is 8.97 Å². The van der Waals surface area contributed by atoms with Gasteiger partial charge in [0.2, 0.25) is 0 Å². The molecule has 0 unspecified atom stereocenters. The van der Waals surface area contributed by atoms with Crippen molar-refractivity contribution in [2.24, 2.45) is 0 Å². The van der Waals surface area contributed by atoms with E-state index in [2.05, 4.69) is 148 Å². The van der Waals surface area contributed by atoms with Crippen molar-refractivity contribution in [1.29, 1.82) is 0 Å². The monoisotopic (exact) mass is 665 g/mol. The molecule has 0 N–H and O–H groups in total. The number of imidazole rings is 1. The van der Waals surface area contributed by atoms with Crippen molar-refractivity contribution in [1.82, 2.24) is 23.9 Å². The second-order valence-electron chi connectivity index (χ2n) is 13.0. The van der Waals surface area contributed by atoms with Gasteiger partial charge in [0.25, 0.3) is 0 Å². The van der Waals surface area contributed by atoms with Gasteiger partial charge in [-0.15, -0.1) is 0 Å². The zero-order chi connectivity index (χ0) is 34.4. The number of rotatable bonds is 6. The van der Waals surface area contributed by atoms with Crippen LogP contribution < -0.4 is 0 Å². The molecule has 0 spiro atoms. The molecular weight excluding hydrogens is 635 g/mol. The molecule has 0 radical (unpaired) electrons. The van der Waals surface area contributed by atoms with Crippen molar-refractivity contribution in [2.45, 2.75) is 0 Å². The predicted octanol–water partition coefficient (Wildman–Crippen LogP) is 11.6. The lowest BCUT2D eigenvalue weighted by atomic mass is 9.94. The molecule has 5 heteroatoms. The van der Waals surface area contributed by atoms with Gasteiger partial charge in [0, 0.05) is 58.1 Å². The third kappa shape index (κ3) is 5.07. The minimum Gasteiger partial charge on any atom is -0.309 e. The van der Waals surface area contributed by atoms with Gasteiger partial charge in [-0.1, -0.05) is 103 Å². The number of hydrogen-bond donors (Lipinski definition) is 0. The standard InChI is InChI=1S/C47H31N5/c1-3-10-34(11-4-1)45-46-39-23-19-37(41-15-9-14-40(49-41)33-25-27-48-28-26-33)30-36(39)20-24-43(46)52(47(45)35-12-5-2-6-13-35)38-21-17-32(18-22-38)42-31-51-29-8-7-16-44(51)50-42/h1-31H. The van der Waals surface area contributed by atoms with Crippen LogP contribution in [-0.4, -0.2) is 23.9 Å². The van der Waals surface area contributed by atoms with E-state index >= 15 is 0 Å². The second kappa shape index (κ2) is 12.3. The first-order valence-corrected chi connectivity index (χ1v) is 17.4. The third-order valence-electron chi connectivity index (χ3n) is 9.87. The van der Waals surface area contributed by atoms with Crippen LogP contribution in [0.2, 0.25) is 0 Å². The quantitative estimate of drug-likeness (QED) is 0.178. The van der Waals surface area contributed by atoms with Crippen LogP contribution in [0.15, 0.2) is 189 Å². The van der Waals surface area contributed by atoms with E-state index in [0.29, 0.717) is 0 Å². The van der Waals surface area contributed by atoms with Crippen LogP contribution in [0.25, 0.3) is 89.2 Å². The number of pyridine rings is 3. The summed E-state index contributed by atoms with van der Waals surface area (Å²) in [6.45, 7) is 0. The normalized spacial score (nSPS) is 11.5. The van der Waals surface area contributed by atoms with Gasteiger partial charge in [-0.3, -0.25) is 4.98 Å². The summed E-state index contributed by atoms with van der Waals surface area (Å²) in [4.78, 5) is 14.1. The van der Waals surface area contributed by atoms with Crippen LogP contribution >= 0.6 is 0 Å². The highest BCUT2D eigenvalue weighted by Gasteiger charge is 2.23. The van der Waals surface area contributed by atoms with Gasteiger partial charge in [-0.25, -0.2) is 9.97 Å². The second-order valence-corrected chi connectivity index (χ2v) is 13.0. The van der Waals surface area contributed by atoms with Crippen molar-refractivity contribution < 1.29 is 0 Å². The Kier molecular flexibility index (Phi) is 7.07. The molecule has 5 heterocycles. The first-order chi connectivity index (χ1) is 25.8. The molecule has 0 aliphatic rings. The predicted molar refractivity (Wildman–Crippen MR) is 212 cm³/mol. The van der Waals surface area contributed by atoms with Crippen LogP contribution in [0, 0.1) is 0 Å². The summed E-state index contributed by atoms with van der Waals surface area (Å²) in [6.07, 6.45) is 7.73. The van der Waals surface area contributed by atoms with Crippen LogP contribution in [0.5, 0.6) is 0 Å². The molecule has 244 valence electrons. The maximum absolute atomic E-state index is 5.05. The minimum atomic E-state index is 0.929. The van der Waals surface area contributed by atoms with Crippen LogP contribution in [0.3, 0.4) is 0 Å². The molecule has 0 amide bonds. The summed E-state index contributed by atoms with van der Waals surface area (Å²) in [5, 5.41) is 3.58. The highest BCUT2D eigenvalue weighted by Crippen LogP contribution is 2.46. The Balaban J connectivity index is 1.19.